The number of aromatic hydroxyl groups is 4. The number of benzene rings is 2. The monoisotopic (exact) mass is 580 g/mol. The molecule has 11 N–H and O–H groups in total. The largest absolute Gasteiger partial charge is 0.507 e. The highest BCUT2D eigenvalue weighted by Crippen LogP contribution is 2.50. The summed E-state index contributed by atoms with van der Waals surface area (Å²) >= 11 is 0. The molecule has 0 bridgehead atoms. The van der Waals surface area contributed by atoms with Gasteiger partial charge in [-0.2, -0.15) is 0 Å². The lowest BCUT2D eigenvalue weighted by molar-refractivity contribution is -0.232. The van der Waals surface area contributed by atoms with E-state index >= 15 is 0 Å². The Bertz CT molecular complexity index is 1520. The van der Waals surface area contributed by atoms with Crippen LogP contribution in [0.3, 0.4) is 0 Å². The second-order valence-corrected chi connectivity index (χ2v) is 9.96. The number of fused-ring (bicyclic) bond motifs is 1. The molecule has 1 aromatic heterocycles. The van der Waals surface area contributed by atoms with E-state index in [1.165, 1.54) is 6.07 Å². The van der Waals surface area contributed by atoms with Gasteiger partial charge < -0.3 is 70.1 Å². The quantitative estimate of drug-likeness (QED) is 0.148. The minimum Gasteiger partial charge on any atom is -0.507 e. The molecule has 2 aromatic carbocycles. The van der Waals surface area contributed by atoms with Crippen molar-refractivity contribution in [1.29, 1.82) is 0 Å². The van der Waals surface area contributed by atoms with E-state index in [1.807, 2.05) is 0 Å². The van der Waals surface area contributed by atoms with Crippen molar-refractivity contribution >= 4 is 11.0 Å². The van der Waals surface area contributed by atoms with E-state index < -0.39 is 119 Å². The van der Waals surface area contributed by atoms with Crippen molar-refractivity contribution in [3.05, 3.63) is 45.6 Å². The standard InChI is InChI=1S/C26H28O15/c27-5-13-18(33)21(36)23(38)26(41-13)15-19(34)14-10(30)4-12(7-1-2-8(28)9(29)3-7)40-24(14)16(20(15)35)25-22(37)17(32)11(31)6-39-25/h1-4,11,13,17-18,21-23,25-29,31-38H,5-6H2/t11-,13-,17-,18-,21+,22-,23-,25-,26+/m1/s1. The number of aliphatic hydroxyl groups is 7. The maximum atomic E-state index is 13.4. The zero-order valence-corrected chi connectivity index (χ0v) is 21.0. The third-order valence-corrected chi connectivity index (χ3v) is 7.42. The molecule has 0 saturated carbocycles. The summed E-state index contributed by atoms with van der Waals surface area (Å²) in [4.78, 5) is 13.4. The number of hydrogen-bond donors (Lipinski definition) is 11. The second-order valence-electron chi connectivity index (χ2n) is 9.96. The summed E-state index contributed by atoms with van der Waals surface area (Å²) in [6.45, 7) is -1.39. The second kappa shape index (κ2) is 10.7. The highest BCUT2D eigenvalue weighted by Gasteiger charge is 2.48. The van der Waals surface area contributed by atoms with Crippen molar-refractivity contribution in [3.63, 3.8) is 0 Å². The molecule has 0 aliphatic carbocycles. The molecule has 3 heterocycles. The van der Waals surface area contributed by atoms with E-state index in [-0.39, 0.29) is 11.3 Å². The third kappa shape index (κ3) is 4.66. The molecular formula is C26H28O15. The Morgan fingerprint density at radius 1 is 0.756 bits per heavy atom. The lowest BCUT2D eigenvalue weighted by Crippen LogP contribution is -2.55. The third-order valence-electron chi connectivity index (χ3n) is 7.42. The van der Waals surface area contributed by atoms with E-state index in [9.17, 15) is 61.0 Å². The molecule has 2 aliphatic rings. The van der Waals surface area contributed by atoms with E-state index in [0.29, 0.717) is 0 Å². The number of ether oxygens (including phenoxy) is 2. The number of hydrogen-bond acceptors (Lipinski definition) is 15. The minimum absolute atomic E-state index is 0.0720. The smallest absolute Gasteiger partial charge is 0.197 e. The van der Waals surface area contributed by atoms with Gasteiger partial charge in [-0.05, 0) is 18.2 Å². The first kappa shape index (κ1) is 29.0. The highest BCUT2D eigenvalue weighted by atomic mass is 16.5. The van der Waals surface area contributed by atoms with E-state index in [2.05, 4.69) is 0 Å². The Kier molecular flexibility index (Phi) is 7.58. The lowest BCUT2D eigenvalue weighted by Gasteiger charge is -2.41. The highest BCUT2D eigenvalue weighted by molar-refractivity contribution is 5.92. The molecule has 2 saturated heterocycles. The van der Waals surface area contributed by atoms with Crippen LogP contribution in [0.5, 0.6) is 23.0 Å². The van der Waals surface area contributed by atoms with Gasteiger partial charge in [-0.1, -0.05) is 0 Å². The van der Waals surface area contributed by atoms with E-state index in [0.717, 1.165) is 18.2 Å². The Morgan fingerprint density at radius 2 is 1.44 bits per heavy atom. The van der Waals surface area contributed by atoms with Crippen LogP contribution in [0.2, 0.25) is 0 Å². The number of rotatable bonds is 4. The first-order valence-electron chi connectivity index (χ1n) is 12.4. The Morgan fingerprint density at radius 3 is 2.10 bits per heavy atom. The van der Waals surface area contributed by atoms with Crippen LogP contribution in [-0.4, -0.2) is 112 Å². The maximum Gasteiger partial charge on any atom is 0.197 e. The van der Waals surface area contributed by atoms with Gasteiger partial charge in [0.15, 0.2) is 22.5 Å². The van der Waals surface area contributed by atoms with Crippen LogP contribution < -0.4 is 5.43 Å². The topological polar surface area (TPSA) is 271 Å². The Labute approximate surface area is 229 Å². The first-order valence-corrected chi connectivity index (χ1v) is 12.4. The Hall–Kier alpha value is -3.51. The maximum absolute atomic E-state index is 13.4. The van der Waals surface area contributed by atoms with Gasteiger partial charge in [-0.15, -0.1) is 0 Å². The summed E-state index contributed by atoms with van der Waals surface area (Å²) in [5.41, 5.74) is -2.64. The van der Waals surface area contributed by atoms with Crippen molar-refractivity contribution in [3.8, 4) is 34.3 Å². The van der Waals surface area contributed by atoms with Crippen molar-refractivity contribution in [2.24, 2.45) is 0 Å². The fourth-order valence-corrected chi connectivity index (χ4v) is 5.16. The van der Waals surface area contributed by atoms with Crippen LogP contribution in [0.4, 0.5) is 0 Å². The van der Waals surface area contributed by atoms with Crippen LogP contribution in [-0.2, 0) is 9.47 Å². The predicted molar refractivity (Wildman–Crippen MR) is 134 cm³/mol. The molecule has 15 nitrogen and oxygen atoms in total. The zero-order valence-electron chi connectivity index (χ0n) is 21.0. The molecule has 222 valence electrons. The van der Waals surface area contributed by atoms with Crippen LogP contribution in [0.15, 0.2) is 33.5 Å². The van der Waals surface area contributed by atoms with E-state index in [1.54, 1.807) is 0 Å². The molecule has 15 heteroatoms. The zero-order chi connectivity index (χ0) is 29.9. The SMILES string of the molecule is O=c1cc(-c2ccc(O)c(O)c2)oc2c([C@H]3OC[C@@H](O)[C@@H](O)[C@H]3O)c(O)c([C@@H]3O[C@H](CO)[C@@H](O)[C@H](O)[C@H]3O)c(O)c12. The van der Waals surface area contributed by atoms with Gasteiger partial charge in [0.1, 0.15) is 77.6 Å². The summed E-state index contributed by atoms with van der Waals surface area (Å²) in [7, 11) is 0. The average Bonchev–Trinajstić information content (AvgIpc) is 2.93. The fourth-order valence-electron chi connectivity index (χ4n) is 5.16. The van der Waals surface area contributed by atoms with Crippen molar-refractivity contribution < 1.29 is 70.1 Å². The first-order chi connectivity index (χ1) is 19.4. The average molecular weight is 580 g/mol. The van der Waals surface area contributed by atoms with Crippen LogP contribution in [0.1, 0.15) is 23.3 Å². The summed E-state index contributed by atoms with van der Waals surface area (Å²) in [6.07, 6.45) is -16.0. The van der Waals surface area contributed by atoms with Crippen molar-refractivity contribution in [2.75, 3.05) is 13.2 Å². The molecule has 0 radical (unpaired) electrons. The molecule has 41 heavy (non-hydrogen) atoms. The molecule has 3 aromatic rings. The predicted octanol–water partition coefficient (Wildman–Crippen LogP) is -2.05. The molecule has 2 fully saturated rings. The number of phenols is 4. The summed E-state index contributed by atoms with van der Waals surface area (Å²) in [6, 6.07) is 4.36. The molecule has 5 rings (SSSR count). The van der Waals surface area contributed by atoms with Gasteiger partial charge in [0, 0.05) is 11.6 Å². The molecule has 0 spiro atoms. The van der Waals surface area contributed by atoms with E-state index in [4.69, 9.17) is 13.9 Å². The molecule has 0 amide bonds. The van der Waals surface area contributed by atoms with Gasteiger partial charge >= 0.3 is 0 Å². The van der Waals surface area contributed by atoms with Crippen LogP contribution in [0.25, 0.3) is 22.3 Å². The van der Waals surface area contributed by atoms with Crippen molar-refractivity contribution in [1.82, 2.24) is 0 Å². The molecule has 9 atom stereocenters. The fraction of sp³-hybridized carbons (Fsp3) is 0.423. The normalized spacial score (nSPS) is 32.3. The van der Waals surface area contributed by atoms with Crippen LogP contribution in [0, 0.1) is 0 Å². The van der Waals surface area contributed by atoms with Gasteiger partial charge in [-0.3, -0.25) is 4.79 Å². The molecular weight excluding hydrogens is 552 g/mol. The van der Waals surface area contributed by atoms with Gasteiger partial charge in [0.2, 0.25) is 0 Å². The van der Waals surface area contributed by atoms with Crippen molar-refractivity contribution in [2.45, 2.75) is 54.9 Å². The Balaban J connectivity index is 1.81. The van der Waals surface area contributed by atoms with Gasteiger partial charge in [-0.25, -0.2) is 0 Å². The molecule has 2 aliphatic heterocycles. The lowest BCUT2D eigenvalue weighted by atomic mass is 9.85. The molecule has 0 unspecified atom stereocenters. The van der Waals surface area contributed by atoms with Gasteiger partial charge in [0.25, 0.3) is 0 Å². The summed E-state index contributed by atoms with van der Waals surface area (Å²) in [5, 5.41) is 113. The van der Waals surface area contributed by atoms with Gasteiger partial charge in [0.05, 0.1) is 24.3 Å². The number of aliphatic hydroxyl groups excluding tert-OH is 7. The number of phenolic OH excluding ortho intramolecular Hbond substituents is 4. The van der Waals surface area contributed by atoms with Crippen LogP contribution >= 0.6 is 0 Å². The summed E-state index contributed by atoms with van der Waals surface area (Å²) in [5.74, 6) is -3.21. The summed E-state index contributed by atoms with van der Waals surface area (Å²) < 4.78 is 16.8. The minimum atomic E-state index is -2.01.